The fourth-order valence-corrected chi connectivity index (χ4v) is 2.51. The zero-order chi connectivity index (χ0) is 13.7. The Labute approximate surface area is 116 Å². The lowest BCUT2D eigenvalue weighted by Crippen LogP contribution is -2.34. The van der Waals surface area contributed by atoms with Crippen molar-refractivity contribution in [2.75, 3.05) is 26.2 Å². The first-order valence-electron chi connectivity index (χ1n) is 7.30. The monoisotopic (exact) mass is 262 g/mol. The Hall–Kier alpha value is -1.06. The molecule has 0 aromatic heterocycles. The minimum absolute atomic E-state index is 0.140. The Morgan fingerprint density at radius 1 is 1.37 bits per heavy atom. The van der Waals surface area contributed by atoms with Crippen molar-refractivity contribution in [2.24, 2.45) is 5.73 Å². The van der Waals surface area contributed by atoms with Crippen LogP contribution in [0.1, 0.15) is 37.8 Å². The van der Waals surface area contributed by atoms with Crippen molar-refractivity contribution in [3.63, 3.8) is 0 Å². The molecule has 1 heterocycles. The smallest absolute Gasteiger partial charge is 0.122 e. The van der Waals surface area contributed by atoms with E-state index in [1.54, 1.807) is 0 Å². The van der Waals surface area contributed by atoms with Crippen LogP contribution < -0.4 is 15.8 Å². The van der Waals surface area contributed by atoms with Gasteiger partial charge in [0.05, 0.1) is 6.61 Å². The van der Waals surface area contributed by atoms with Gasteiger partial charge in [0, 0.05) is 12.0 Å². The van der Waals surface area contributed by atoms with E-state index in [-0.39, 0.29) is 5.41 Å². The summed E-state index contributed by atoms with van der Waals surface area (Å²) in [7, 11) is 0. The van der Waals surface area contributed by atoms with Gasteiger partial charge in [-0.3, -0.25) is 0 Å². The maximum absolute atomic E-state index is 5.67. The molecule has 0 radical (unpaired) electrons. The van der Waals surface area contributed by atoms with E-state index in [1.165, 1.54) is 11.1 Å². The summed E-state index contributed by atoms with van der Waals surface area (Å²) in [4.78, 5) is 0. The molecule has 1 aliphatic rings. The van der Waals surface area contributed by atoms with Crippen molar-refractivity contribution >= 4 is 0 Å². The highest BCUT2D eigenvalue weighted by molar-refractivity contribution is 5.41. The molecule has 1 aliphatic heterocycles. The Morgan fingerprint density at radius 3 is 3.00 bits per heavy atom. The molecule has 3 N–H and O–H groups in total. The van der Waals surface area contributed by atoms with Gasteiger partial charge in [-0.15, -0.1) is 0 Å². The Balaban J connectivity index is 2.03. The van der Waals surface area contributed by atoms with Crippen LogP contribution in [0.25, 0.3) is 0 Å². The largest absolute Gasteiger partial charge is 0.493 e. The Morgan fingerprint density at radius 2 is 2.21 bits per heavy atom. The minimum atomic E-state index is 0.140. The predicted molar refractivity (Wildman–Crippen MR) is 79.8 cm³/mol. The van der Waals surface area contributed by atoms with Crippen LogP contribution in [0.5, 0.6) is 5.75 Å². The third kappa shape index (κ3) is 3.71. The zero-order valence-electron chi connectivity index (χ0n) is 12.2. The number of nitrogens with one attached hydrogen (secondary N) is 1. The van der Waals surface area contributed by atoms with Crippen LogP contribution in [-0.4, -0.2) is 26.2 Å². The molecule has 1 aromatic rings. The molecule has 3 nitrogen and oxygen atoms in total. The van der Waals surface area contributed by atoms with Gasteiger partial charge in [0.25, 0.3) is 0 Å². The lowest BCUT2D eigenvalue weighted by atomic mass is 9.83. The first-order valence-corrected chi connectivity index (χ1v) is 7.30. The van der Waals surface area contributed by atoms with Gasteiger partial charge in [-0.05, 0) is 49.5 Å². The molecule has 1 aromatic carbocycles. The number of hydrogen-bond acceptors (Lipinski definition) is 3. The molecule has 0 fully saturated rings. The molecule has 2 rings (SSSR count). The molecule has 0 saturated carbocycles. The van der Waals surface area contributed by atoms with Gasteiger partial charge in [0.1, 0.15) is 5.75 Å². The number of aryl methyl sites for hydroxylation is 1. The summed E-state index contributed by atoms with van der Waals surface area (Å²) in [5.41, 5.74) is 8.40. The molecular formula is C16H26N2O. The fourth-order valence-electron chi connectivity index (χ4n) is 2.51. The van der Waals surface area contributed by atoms with Crippen molar-refractivity contribution in [3.05, 3.63) is 29.3 Å². The van der Waals surface area contributed by atoms with Crippen LogP contribution in [-0.2, 0) is 11.8 Å². The van der Waals surface area contributed by atoms with Crippen LogP contribution in [0.3, 0.4) is 0 Å². The van der Waals surface area contributed by atoms with Gasteiger partial charge in [0.15, 0.2) is 0 Å². The van der Waals surface area contributed by atoms with E-state index in [0.717, 1.165) is 51.3 Å². The van der Waals surface area contributed by atoms with Crippen LogP contribution in [0.2, 0.25) is 0 Å². The highest BCUT2D eigenvalue weighted by atomic mass is 16.5. The van der Waals surface area contributed by atoms with Crippen LogP contribution in [0, 0.1) is 0 Å². The van der Waals surface area contributed by atoms with E-state index in [9.17, 15) is 0 Å². The second kappa shape index (κ2) is 6.40. The number of ether oxygens (including phenoxy) is 1. The summed E-state index contributed by atoms with van der Waals surface area (Å²) in [6.45, 7) is 8.16. The summed E-state index contributed by atoms with van der Waals surface area (Å²) >= 11 is 0. The molecule has 0 atom stereocenters. The lowest BCUT2D eigenvalue weighted by molar-refractivity contribution is 0.288. The number of benzene rings is 1. The topological polar surface area (TPSA) is 47.3 Å². The number of hydrogen-bond donors (Lipinski definition) is 2. The quantitative estimate of drug-likeness (QED) is 0.773. The highest BCUT2D eigenvalue weighted by Gasteiger charge is 2.22. The third-order valence-electron chi connectivity index (χ3n) is 3.81. The summed E-state index contributed by atoms with van der Waals surface area (Å²) in [5.74, 6) is 1.07. The summed E-state index contributed by atoms with van der Waals surface area (Å²) in [6, 6.07) is 6.65. The summed E-state index contributed by atoms with van der Waals surface area (Å²) in [5, 5.41) is 3.49. The number of rotatable bonds is 6. The van der Waals surface area contributed by atoms with E-state index in [1.807, 2.05) is 0 Å². The van der Waals surface area contributed by atoms with Gasteiger partial charge in [-0.1, -0.05) is 26.0 Å². The van der Waals surface area contributed by atoms with Crippen LogP contribution >= 0.6 is 0 Å². The van der Waals surface area contributed by atoms with E-state index in [2.05, 4.69) is 37.4 Å². The summed E-state index contributed by atoms with van der Waals surface area (Å²) in [6.07, 6.45) is 3.31. The highest BCUT2D eigenvalue weighted by Crippen LogP contribution is 2.30. The van der Waals surface area contributed by atoms with Gasteiger partial charge < -0.3 is 15.8 Å². The molecule has 19 heavy (non-hydrogen) atoms. The average Bonchev–Trinajstić information content (AvgIpc) is 2.43. The molecule has 0 saturated heterocycles. The van der Waals surface area contributed by atoms with E-state index in [0.29, 0.717) is 0 Å². The second-order valence-corrected chi connectivity index (χ2v) is 5.98. The standard InChI is InChI=1S/C16H26N2O/c1-16(2,12-18-9-4-8-17)14-6-7-15-13(11-14)5-3-10-19-15/h6-7,11,18H,3-5,8-10,12,17H2,1-2H3. The van der Waals surface area contributed by atoms with Crippen molar-refractivity contribution in [2.45, 2.75) is 38.5 Å². The molecule has 106 valence electrons. The molecule has 0 amide bonds. The van der Waals surface area contributed by atoms with Crippen molar-refractivity contribution in [3.8, 4) is 5.75 Å². The fraction of sp³-hybridized carbons (Fsp3) is 0.625. The van der Waals surface area contributed by atoms with E-state index in [4.69, 9.17) is 10.5 Å². The normalized spacial score (nSPS) is 14.9. The van der Waals surface area contributed by atoms with Crippen molar-refractivity contribution in [1.82, 2.24) is 5.32 Å². The SMILES string of the molecule is CC(C)(CNCCCN)c1ccc2c(c1)CCCO2. The first kappa shape index (κ1) is 14.4. The van der Waals surface area contributed by atoms with E-state index < -0.39 is 0 Å². The number of fused-ring (bicyclic) bond motifs is 1. The maximum atomic E-state index is 5.67. The van der Waals surface area contributed by atoms with Crippen LogP contribution in [0.4, 0.5) is 0 Å². The van der Waals surface area contributed by atoms with Gasteiger partial charge >= 0.3 is 0 Å². The molecule has 0 spiro atoms. The Kier molecular flexibility index (Phi) is 4.83. The molecule has 0 unspecified atom stereocenters. The average molecular weight is 262 g/mol. The van der Waals surface area contributed by atoms with Gasteiger partial charge in [-0.25, -0.2) is 0 Å². The summed E-state index contributed by atoms with van der Waals surface area (Å²) < 4.78 is 5.67. The molecule has 0 bridgehead atoms. The molecular weight excluding hydrogens is 236 g/mol. The second-order valence-electron chi connectivity index (χ2n) is 5.98. The zero-order valence-corrected chi connectivity index (χ0v) is 12.2. The van der Waals surface area contributed by atoms with Gasteiger partial charge in [-0.2, -0.15) is 0 Å². The molecule has 3 heteroatoms. The number of nitrogens with two attached hydrogens (primary N) is 1. The van der Waals surface area contributed by atoms with Crippen molar-refractivity contribution < 1.29 is 4.74 Å². The lowest BCUT2D eigenvalue weighted by Gasteiger charge is -2.28. The van der Waals surface area contributed by atoms with Crippen molar-refractivity contribution in [1.29, 1.82) is 0 Å². The molecule has 0 aliphatic carbocycles. The maximum Gasteiger partial charge on any atom is 0.122 e. The third-order valence-corrected chi connectivity index (χ3v) is 3.81. The Bertz CT molecular complexity index is 415. The first-order chi connectivity index (χ1) is 9.13. The van der Waals surface area contributed by atoms with Gasteiger partial charge in [0.2, 0.25) is 0 Å². The van der Waals surface area contributed by atoms with Crippen LogP contribution in [0.15, 0.2) is 18.2 Å². The predicted octanol–water partition coefficient (Wildman–Crippen LogP) is 2.23. The van der Waals surface area contributed by atoms with E-state index >= 15 is 0 Å². The minimum Gasteiger partial charge on any atom is -0.493 e.